The van der Waals surface area contributed by atoms with E-state index in [9.17, 15) is 14.7 Å². The monoisotopic (exact) mass is 1040 g/mol. The molecule has 4 aromatic carbocycles. The van der Waals surface area contributed by atoms with Gasteiger partial charge in [0.25, 0.3) is 0 Å². The molecule has 0 radical (unpaired) electrons. The van der Waals surface area contributed by atoms with E-state index in [0.29, 0.717) is 115 Å². The van der Waals surface area contributed by atoms with E-state index in [4.69, 9.17) is 52.1 Å². The van der Waals surface area contributed by atoms with Crippen LogP contribution in [0.15, 0.2) is 84.9 Å². The number of fused-ring (bicyclic) bond motifs is 24. The largest absolute Gasteiger partial charge is 0.491 e. The van der Waals surface area contributed by atoms with Gasteiger partial charge in [-0.25, -0.2) is 9.59 Å². The van der Waals surface area contributed by atoms with Crippen molar-refractivity contribution in [2.24, 2.45) is 0 Å². The van der Waals surface area contributed by atoms with Crippen LogP contribution < -0.4 is 49.7 Å². The van der Waals surface area contributed by atoms with Crippen LogP contribution in [0.4, 0.5) is 35.2 Å². The number of carboxylic acid groups (broad SMARTS) is 1. The van der Waals surface area contributed by atoms with Crippen LogP contribution in [-0.2, 0) is 36.8 Å². The quantitative estimate of drug-likeness (QED) is 0.0898. The molecule has 4 aliphatic rings. The molecule has 0 atom stereocenters. The standard InChI is InChI=1S/C26H31N5O7.C25H29N5O7/c1-3-36-26-30-24-27-17-18-4-7-20(8-5-18)37-14-12-34-10-11-35-13-15-38-22-16-19(28-25(29-24)31-26)6-9-21(22)23(32)33-2;1-2-35-25-29-23-26-16-17-3-6-19(7-4-17)36-13-11-33-9-10-34-12-14-37-21-15-18(27-24(28-23)30-25)5-8-20(21)22(31)32/h4-9,16H,3,10-15,17H2,1-2H3,(H2,27,28,29,30,31);3-8,15H,2,9-14,16H2,1H3,(H,31,32)(H2,26,27,28,29,30). The number of hydrogen-bond acceptors (Lipinski definition) is 23. The fourth-order valence-electron chi connectivity index (χ4n) is 6.79. The van der Waals surface area contributed by atoms with Crippen LogP contribution in [0.3, 0.4) is 0 Å². The van der Waals surface area contributed by atoms with E-state index < -0.39 is 11.9 Å². The van der Waals surface area contributed by atoms with Crippen LogP contribution in [0, 0.1) is 0 Å². The molecule has 10 rings (SSSR count). The average Bonchev–Trinajstić information content (AvgIpc) is 3.41. The summed E-state index contributed by atoms with van der Waals surface area (Å²) in [6, 6.07) is 25.3. The molecule has 12 bridgehead atoms. The summed E-state index contributed by atoms with van der Waals surface area (Å²) in [6.45, 7) is 9.67. The lowest BCUT2D eigenvalue weighted by Gasteiger charge is -2.14. The average molecular weight is 1040 g/mol. The smallest absolute Gasteiger partial charge is 0.341 e. The summed E-state index contributed by atoms with van der Waals surface area (Å²) in [6.07, 6.45) is 0. The maximum atomic E-state index is 12.3. The molecule has 4 aliphatic heterocycles. The SMILES string of the molecule is CCOc1nc2nc(n1)Nc1ccc(C(=O)O)c(c1)OCCOCCOCCOc1ccc(cc1)CN2.CCOc1nc2nc(n1)Nc1ccc(C(=O)OC)c(c1)OCCOCCOCCOc1ccc(cc1)CN2. The van der Waals surface area contributed by atoms with Gasteiger partial charge in [-0.15, -0.1) is 0 Å². The molecule has 398 valence electrons. The predicted octanol–water partition coefficient (Wildman–Crippen LogP) is 6.35. The van der Waals surface area contributed by atoms with Gasteiger partial charge in [-0.2, -0.15) is 29.9 Å². The molecule has 2 aromatic heterocycles. The molecule has 75 heavy (non-hydrogen) atoms. The lowest BCUT2D eigenvalue weighted by molar-refractivity contribution is 0.0271. The van der Waals surface area contributed by atoms with Crippen molar-refractivity contribution in [2.45, 2.75) is 26.9 Å². The van der Waals surface area contributed by atoms with Gasteiger partial charge in [0.2, 0.25) is 23.8 Å². The number of methoxy groups -OCH3 is 1. The summed E-state index contributed by atoms with van der Waals surface area (Å²) in [5, 5.41) is 22.1. The van der Waals surface area contributed by atoms with Gasteiger partial charge in [0.05, 0.1) is 73.2 Å². The molecule has 0 fully saturated rings. The normalized spacial score (nSPS) is 14.8. The minimum absolute atomic E-state index is 0.0262. The number of nitrogens with zero attached hydrogens (tertiary/aromatic N) is 6. The van der Waals surface area contributed by atoms with Gasteiger partial charge in [0, 0.05) is 36.6 Å². The zero-order chi connectivity index (χ0) is 52.5. The number of rotatable bonds is 6. The van der Waals surface area contributed by atoms with Crippen molar-refractivity contribution >= 4 is 47.1 Å². The number of aromatic nitrogens is 6. The first-order chi connectivity index (χ1) is 36.7. The predicted molar refractivity (Wildman–Crippen MR) is 273 cm³/mol. The molecule has 0 unspecified atom stereocenters. The molecule has 5 N–H and O–H groups in total. The van der Waals surface area contributed by atoms with Crippen molar-refractivity contribution in [3.8, 4) is 35.0 Å². The molecule has 24 nitrogen and oxygen atoms in total. The minimum atomic E-state index is -1.10. The maximum Gasteiger partial charge on any atom is 0.341 e. The van der Waals surface area contributed by atoms with Gasteiger partial charge in [0.15, 0.2) is 0 Å². The van der Waals surface area contributed by atoms with Gasteiger partial charge in [-0.05, 0) is 73.5 Å². The number of carboxylic acids is 1. The molecule has 0 spiro atoms. The summed E-state index contributed by atoms with van der Waals surface area (Å²) in [5.74, 6) is 1.52. The van der Waals surface area contributed by atoms with E-state index in [0.717, 1.165) is 22.6 Å². The summed E-state index contributed by atoms with van der Waals surface area (Å²) in [4.78, 5) is 50.1. The molecule has 6 heterocycles. The van der Waals surface area contributed by atoms with Crippen LogP contribution in [-0.4, -0.2) is 147 Å². The van der Waals surface area contributed by atoms with Gasteiger partial charge in [0.1, 0.15) is 60.6 Å². The van der Waals surface area contributed by atoms with Gasteiger partial charge in [-0.3, -0.25) is 0 Å². The van der Waals surface area contributed by atoms with Crippen molar-refractivity contribution in [1.82, 2.24) is 29.9 Å². The third-order valence-corrected chi connectivity index (χ3v) is 10.3. The first kappa shape index (κ1) is 54.5. The Bertz CT molecular complexity index is 2740. The van der Waals surface area contributed by atoms with Crippen LogP contribution in [0.5, 0.6) is 35.0 Å². The fraction of sp³-hybridized carbons (Fsp3) is 0.373. The Labute approximate surface area is 432 Å². The Morgan fingerprint density at radius 3 is 1.29 bits per heavy atom. The highest BCUT2D eigenvalue weighted by atomic mass is 16.6. The molecule has 0 saturated heterocycles. The Morgan fingerprint density at radius 2 is 0.880 bits per heavy atom. The van der Waals surface area contributed by atoms with Crippen molar-refractivity contribution < 1.29 is 66.8 Å². The van der Waals surface area contributed by atoms with Crippen molar-refractivity contribution in [1.29, 1.82) is 0 Å². The van der Waals surface area contributed by atoms with Crippen LogP contribution in [0.1, 0.15) is 45.7 Å². The van der Waals surface area contributed by atoms with Crippen LogP contribution in [0.2, 0.25) is 0 Å². The summed E-state index contributed by atoms with van der Waals surface area (Å²) < 4.78 is 61.0. The maximum absolute atomic E-state index is 12.3. The Kier molecular flexibility index (Phi) is 21.3. The first-order valence-corrected chi connectivity index (χ1v) is 24.1. The van der Waals surface area contributed by atoms with E-state index in [2.05, 4.69) is 51.2 Å². The Balaban J connectivity index is 0.000000219. The van der Waals surface area contributed by atoms with E-state index in [1.807, 2.05) is 62.4 Å². The second-order valence-electron chi connectivity index (χ2n) is 15.7. The number of aromatic carboxylic acids is 1. The third-order valence-electron chi connectivity index (χ3n) is 10.3. The number of nitrogens with one attached hydrogen (secondary N) is 4. The van der Waals surface area contributed by atoms with E-state index >= 15 is 0 Å². The van der Waals surface area contributed by atoms with Crippen LogP contribution in [0.25, 0.3) is 0 Å². The lowest BCUT2D eigenvalue weighted by Crippen LogP contribution is -2.14. The lowest BCUT2D eigenvalue weighted by atomic mass is 10.2. The number of benzene rings is 4. The zero-order valence-electron chi connectivity index (χ0n) is 41.8. The molecule has 0 amide bonds. The van der Waals surface area contributed by atoms with E-state index in [1.165, 1.54) is 13.2 Å². The Morgan fingerprint density at radius 1 is 0.493 bits per heavy atom. The number of carbonyl (C=O) groups is 2. The second kappa shape index (κ2) is 29.4. The van der Waals surface area contributed by atoms with Gasteiger partial charge >= 0.3 is 24.0 Å². The van der Waals surface area contributed by atoms with E-state index in [1.54, 1.807) is 30.3 Å². The summed E-state index contributed by atoms with van der Waals surface area (Å²) >= 11 is 0. The van der Waals surface area contributed by atoms with Crippen molar-refractivity contribution in [2.75, 3.05) is 121 Å². The Hall–Kier alpha value is -8.32. The second-order valence-corrected chi connectivity index (χ2v) is 15.7. The van der Waals surface area contributed by atoms with Crippen LogP contribution >= 0.6 is 0 Å². The van der Waals surface area contributed by atoms with Crippen molar-refractivity contribution in [3.63, 3.8) is 0 Å². The molecular weight excluding hydrogens is 977 g/mol. The number of esters is 1. The fourth-order valence-corrected chi connectivity index (χ4v) is 6.79. The number of ether oxygens (including phenoxy) is 11. The van der Waals surface area contributed by atoms with Crippen molar-refractivity contribution in [3.05, 3.63) is 107 Å². The third kappa shape index (κ3) is 18.0. The molecular formula is C51H60N10O14. The first-order valence-electron chi connectivity index (χ1n) is 24.1. The zero-order valence-corrected chi connectivity index (χ0v) is 41.8. The molecule has 0 aliphatic carbocycles. The highest BCUT2D eigenvalue weighted by molar-refractivity contribution is 5.93. The number of carbonyl (C=O) groups excluding carboxylic acids is 1. The minimum Gasteiger partial charge on any atom is -0.491 e. The molecule has 24 heteroatoms. The summed E-state index contributed by atoms with van der Waals surface area (Å²) in [7, 11) is 1.32. The molecule has 6 aromatic rings. The van der Waals surface area contributed by atoms with Gasteiger partial charge < -0.3 is 78.5 Å². The summed E-state index contributed by atoms with van der Waals surface area (Å²) in [5.41, 5.74) is 3.44. The molecule has 0 saturated carbocycles. The highest BCUT2D eigenvalue weighted by Crippen LogP contribution is 2.28. The highest BCUT2D eigenvalue weighted by Gasteiger charge is 2.17. The number of hydrogen-bond donors (Lipinski definition) is 5. The van der Waals surface area contributed by atoms with Gasteiger partial charge in [-0.1, -0.05) is 24.3 Å². The van der Waals surface area contributed by atoms with E-state index in [-0.39, 0.29) is 60.6 Å². The topological polar surface area (TPSA) is 281 Å². The number of anilines is 6.